The molecule has 0 bridgehead atoms. The van der Waals surface area contributed by atoms with Gasteiger partial charge in [-0.2, -0.15) is 0 Å². The van der Waals surface area contributed by atoms with Gasteiger partial charge in [-0.3, -0.25) is 4.31 Å². The molecule has 0 radical (unpaired) electrons. The molecule has 0 saturated heterocycles. The van der Waals surface area contributed by atoms with Crippen molar-refractivity contribution in [2.24, 2.45) is 0 Å². The SMILES string of the molecule is CCCCN(c1ccccc1)S(=O)(=O)c1cnc(Cl)nc1. The van der Waals surface area contributed by atoms with Crippen LogP contribution in [0.3, 0.4) is 0 Å². The van der Waals surface area contributed by atoms with Gasteiger partial charge in [0.25, 0.3) is 10.0 Å². The lowest BCUT2D eigenvalue weighted by molar-refractivity contribution is 0.587. The standard InChI is InChI=1S/C14H16ClN3O2S/c1-2-3-9-18(12-7-5-4-6-8-12)21(19,20)13-10-16-14(15)17-11-13/h4-8,10-11H,2-3,9H2,1H3. The van der Waals surface area contributed by atoms with Gasteiger partial charge in [0.2, 0.25) is 5.28 Å². The van der Waals surface area contributed by atoms with E-state index in [9.17, 15) is 8.42 Å². The highest BCUT2D eigenvalue weighted by molar-refractivity contribution is 7.92. The van der Waals surface area contributed by atoms with E-state index in [1.165, 1.54) is 16.7 Å². The van der Waals surface area contributed by atoms with Gasteiger partial charge in [0, 0.05) is 6.54 Å². The van der Waals surface area contributed by atoms with E-state index in [0.717, 1.165) is 12.8 Å². The number of nitrogens with zero attached hydrogens (tertiary/aromatic N) is 3. The Hall–Kier alpha value is -1.66. The molecule has 0 aliphatic carbocycles. The van der Waals surface area contributed by atoms with Gasteiger partial charge in [0.15, 0.2) is 0 Å². The number of unbranched alkanes of at least 4 members (excludes halogenated alkanes) is 1. The third-order valence-corrected chi connectivity index (χ3v) is 4.92. The Morgan fingerprint density at radius 1 is 1.14 bits per heavy atom. The van der Waals surface area contributed by atoms with E-state index in [1.54, 1.807) is 12.1 Å². The molecule has 0 fully saturated rings. The van der Waals surface area contributed by atoms with Gasteiger partial charge >= 0.3 is 0 Å². The molecule has 0 amide bonds. The van der Waals surface area contributed by atoms with Crippen molar-refractivity contribution in [2.75, 3.05) is 10.8 Å². The molecule has 1 aromatic carbocycles. The molecule has 0 atom stereocenters. The first-order chi connectivity index (χ1) is 10.1. The first kappa shape index (κ1) is 15.7. The van der Waals surface area contributed by atoms with Gasteiger partial charge in [0.1, 0.15) is 4.90 Å². The van der Waals surface area contributed by atoms with Crippen LogP contribution in [0, 0.1) is 0 Å². The molecular weight excluding hydrogens is 310 g/mol. The van der Waals surface area contributed by atoms with Gasteiger partial charge in [-0.05, 0) is 30.2 Å². The van der Waals surface area contributed by atoms with Crippen LogP contribution < -0.4 is 4.31 Å². The second kappa shape index (κ2) is 6.87. The van der Waals surface area contributed by atoms with Crippen LogP contribution in [0.5, 0.6) is 0 Å². The molecule has 21 heavy (non-hydrogen) atoms. The van der Waals surface area contributed by atoms with E-state index in [2.05, 4.69) is 9.97 Å². The van der Waals surface area contributed by atoms with Crippen LogP contribution >= 0.6 is 11.6 Å². The number of rotatable bonds is 6. The van der Waals surface area contributed by atoms with Crippen molar-refractivity contribution < 1.29 is 8.42 Å². The van der Waals surface area contributed by atoms with E-state index in [0.29, 0.717) is 12.2 Å². The highest BCUT2D eigenvalue weighted by Gasteiger charge is 2.25. The Morgan fingerprint density at radius 3 is 2.33 bits per heavy atom. The molecule has 1 aromatic heterocycles. The molecule has 0 unspecified atom stereocenters. The monoisotopic (exact) mass is 325 g/mol. The number of benzene rings is 1. The first-order valence-corrected chi connectivity index (χ1v) is 8.43. The zero-order chi connectivity index (χ0) is 15.3. The number of aromatic nitrogens is 2. The number of anilines is 1. The van der Waals surface area contributed by atoms with Crippen molar-refractivity contribution in [1.29, 1.82) is 0 Å². The fourth-order valence-electron chi connectivity index (χ4n) is 1.84. The minimum Gasteiger partial charge on any atom is -0.266 e. The van der Waals surface area contributed by atoms with Gasteiger partial charge in [-0.1, -0.05) is 31.5 Å². The highest BCUT2D eigenvalue weighted by atomic mass is 35.5. The Kier molecular flexibility index (Phi) is 5.14. The van der Waals surface area contributed by atoms with Crippen molar-refractivity contribution in [2.45, 2.75) is 24.7 Å². The minimum atomic E-state index is -3.69. The zero-order valence-electron chi connectivity index (χ0n) is 11.6. The molecule has 5 nitrogen and oxygen atoms in total. The third-order valence-electron chi connectivity index (χ3n) is 2.94. The van der Waals surface area contributed by atoms with Crippen molar-refractivity contribution in [3.63, 3.8) is 0 Å². The largest absolute Gasteiger partial charge is 0.267 e. The molecule has 112 valence electrons. The fraction of sp³-hybridized carbons (Fsp3) is 0.286. The van der Waals surface area contributed by atoms with Crippen LogP contribution in [0.25, 0.3) is 0 Å². The molecule has 0 spiro atoms. The second-order valence-electron chi connectivity index (χ2n) is 4.45. The molecule has 0 saturated carbocycles. The molecular formula is C14H16ClN3O2S. The molecule has 2 rings (SSSR count). The lowest BCUT2D eigenvalue weighted by Gasteiger charge is -2.24. The summed E-state index contributed by atoms with van der Waals surface area (Å²) in [5, 5.41) is 0.0220. The molecule has 0 aliphatic heterocycles. The van der Waals surface area contributed by atoms with E-state index in [-0.39, 0.29) is 10.2 Å². The summed E-state index contributed by atoms with van der Waals surface area (Å²) in [5.41, 5.74) is 0.626. The van der Waals surface area contributed by atoms with Crippen molar-refractivity contribution in [3.8, 4) is 0 Å². The van der Waals surface area contributed by atoms with Crippen LogP contribution in [0.15, 0.2) is 47.6 Å². The average molecular weight is 326 g/mol. The van der Waals surface area contributed by atoms with E-state index >= 15 is 0 Å². The number of para-hydroxylation sites is 1. The van der Waals surface area contributed by atoms with Crippen molar-refractivity contribution in [1.82, 2.24) is 9.97 Å². The predicted octanol–water partition coefficient (Wildman–Crippen LogP) is 3.13. The summed E-state index contributed by atoms with van der Waals surface area (Å²) in [5.74, 6) is 0. The average Bonchev–Trinajstić information content (AvgIpc) is 2.49. The molecule has 1 heterocycles. The Morgan fingerprint density at radius 2 is 1.76 bits per heavy atom. The zero-order valence-corrected chi connectivity index (χ0v) is 13.2. The normalized spacial score (nSPS) is 11.3. The summed E-state index contributed by atoms with van der Waals surface area (Å²) in [6.07, 6.45) is 4.12. The Labute approximate surface area is 129 Å². The lowest BCUT2D eigenvalue weighted by Crippen LogP contribution is -2.32. The molecule has 0 N–H and O–H groups in total. The fourth-order valence-corrected chi connectivity index (χ4v) is 3.34. The maximum absolute atomic E-state index is 12.8. The van der Waals surface area contributed by atoms with Crippen LogP contribution in [0.1, 0.15) is 19.8 Å². The number of halogens is 1. The van der Waals surface area contributed by atoms with Crippen LogP contribution in [0.4, 0.5) is 5.69 Å². The second-order valence-corrected chi connectivity index (χ2v) is 6.65. The van der Waals surface area contributed by atoms with Crippen LogP contribution in [-0.2, 0) is 10.0 Å². The van der Waals surface area contributed by atoms with Crippen LogP contribution in [-0.4, -0.2) is 24.9 Å². The summed E-state index contributed by atoms with van der Waals surface area (Å²) in [6.45, 7) is 2.42. The Balaban J connectivity index is 2.42. The van der Waals surface area contributed by atoms with Gasteiger partial charge in [-0.25, -0.2) is 18.4 Å². The summed E-state index contributed by atoms with van der Waals surface area (Å²) in [4.78, 5) is 7.53. The maximum Gasteiger partial charge on any atom is 0.267 e. The summed E-state index contributed by atoms with van der Waals surface area (Å²) >= 11 is 5.61. The quantitative estimate of drug-likeness (QED) is 0.765. The van der Waals surface area contributed by atoms with Crippen LogP contribution in [0.2, 0.25) is 5.28 Å². The number of sulfonamides is 1. The topological polar surface area (TPSA) is 63.2 Å². The van der Waals surface area contributed by atoms with E-state index < -0.39 is 10.0 Å². The minimum absolute atomic E-state index is 0.0220. The smallest absolute Gasteiger partial charge is 0.266 e. The van der Waals surface area contributed by atoms with Crippen molar-refractivity contribution in [3.05, 3.63) is 48.0 Å². The highest BCUT2D eigenvalue weighted by Crippen LogP contribution is 2.23. The third kappa shape index (κ3) is 3.71. The predicted molar refractivity (Wildman–Crippen MR) is 82.9 cm³/mol. The Bertz CT molecular complexity index is 675. The van der Waals surface area contributed by atoms with E-state index in [1.807, 2.05) is 25.1 Å². The first-order valence-electron chi connectivity index (χ1n) is 6.61. The lowest BCUT2D eigenvalue weighted by atomic mass is 10.3. The van der Waals surface area contributed by atoms with Gasteiger partial charge in [-0.15, -0.1) is 0 Å². The molecule has 7 heteroatoms. The molecule has 0 aliphatic rings. The van der Waals surface area contributed by atoms with E-state index in [4.69, 9.17) is 11.6 Å². The summed E-state index contributed by atoms with van der Waals surface area (Å²) in [6, 6.07) is 9.00. The van der Waals surface area contributed by atoms with Gasteiger partial charge < -0.3 is 0 Å². The van der Waals surface area contributed by atoms with Crippen molar-refractivity contribution >= 4 is 27.3 Å². The number of hydrogen-bond acceptors (Lipinski definition) is 4. The number of hydrogen-bond donors (Lipinski definition) is 0. The summed E-state index contributed by atoms with van der Waals surface area (Å²) in [7, 11) is -3.69. The molecule has 2 aromatic rings. The van der Waals surface area contributed by atoms with Gasteiger partial charge in [0.05, 0.1) is 18.1 Å². The summed E-state index contributed by atoms with van der Waals surface area (Å²) < 4.78 is 26.9. The maximum atomic E-state index is 12.8.